The van der Waals surface area contributed by atoms with Crippen molar-refractivity contribution in [3.05, 3.63) is 54.4 Å². The summed E-state index contributed by atoms with van der Waals surface area (Å²) in [5, 5.41) is 6.74. The zero-order chi connectivity index (χ0) is 21.1. The van der Waals surface area contributed by atoms with E-state index >= 15 is 0 Å². The number of aromatic nitrogens is 4. The van der Waals surface area contributed by atoms with Crippen molar-refractivity contribution < 1.29 is 9.53 Å². The first kappa shape index (κ1) is 19.5. The minimum absolute atomic E-state index is 0.0336. The molecular weight excluding hydrogens is 382 g/mol. The van der Waals surface area contributed by atoms with Crippen LogP contribution in [0.1, 0.15) is 17.3 Å². The number of amides is 1. The van der Waals surface area contributed by atoms with Crippen LogP contribution in [0.15, 0.2) is 48.8 Å². The first-order chi connectivity index (χ1) is 14.5. The standard InChI is InChI=1S/C21H21N7O2/c1-12(22)9-23-15-8-7-13(19-14(15)10-25-21(28-19)30-2)20(29)27-18-11-24-16-5-3-4-6-17(16)26-18/h3-8,10-12,23H,9,22H2,1-2H3,(H,26,27,29)/t12-/m0/s1. The number of anilines is 2. The minimum Gasteiger partial charge on any atom is -0.467 e. The Morgan fingerprint density at radius 2 is 1.90 bits per heavy atom. The summed E-state index contributed by atoms with van der Waals surface area (Å²) >= 11 is 0. The molecule has 0 aliphatic carbocycles. The summed E-state index contributed by atoms with van der Waals surface area (Å²) in [5.41, 5.74) is 8.90. The first-order valence-electron chi connectivity index (χ1n) is 9.41. The highest BCUT2D eigenvalue weighted by Gasteiger charge is 2.17. The van der Waals surface area contributed by atoms with Crippen LogP contribution in [0.2, 0.25) is 0 Å². The quantitative estimate of drug-likeness (QED) is 0.448. The first-order valence-corrected chi connectivity index (χ1v) is 9.41. The molecule has 9 nitrogen and oxygen atoms in total. The molecule has 4 aromatic rings. The summed E-state index contributed by atoms with van der Waals surface area (Å²) in [5.74, 6) is -0.00361. The van der Waals surface area contributed by atoms with E-state index in [4.69, 9.17) is 10.5 Å². The lowest BCUT2D eigenvalue weighted by atomic mass is 10.1. The molecule has 0 radical (unpaired) electrons. The van der Waals surface area contributed by atoms with E-state index in [9.17, 15) is 4.79 Å². The molecule has 0 saturated carbocycles. The van der Waals surface area contributed by atoms with Crippen molar-refractivity contribution in [3.8, 4) is 6.01 Å². The number of nitrogens with zero attached hydrogens (tertiary/aromatic N) is 4. The molecule has 1 atom stereocenters. The van der Waals surface area contributed by atoms with Crippen LogP contribution in [0.4, 0.5) is 11.5 Å². The molecule has 0 fully saturated rings. The second kappa shape index (κ2) is 8.26. The van der Waals surface area contributed by atoms with Gasteiger partial charge in [0.1, 0.15) is 0 Å². The average Bonchev–Trinajstić information content (AvgIpc) is 2.76. The third-order valence-corrected chi connectivity index (χ3v) is 4.46. The van der Waals surface area contributed by atoms with E-state index in [1.165, 1.54) is 13.3 Å². The van der Waals surface area contributed by atoms with Gasteiger partial charge in [-0.2, -0.15) is 4.98 Å². The van der Waals surface area contributed by atoms with Crippen LogP contribution in [-0.2, 0) is 0 Å². The van der Waals surface area contributed by atoms with E-state index in [2.05, 4.69) is 30.6 Å². The van der Waals surface area contributed by atoms with Gasteiger partial charge in [0.15, 0.2) is 5.82 Å². The van der Waals surface area contributed by atoms with Gasteiger partial charge in [-0.1, -0.05) is 12.1 Å². The molecule has 0 bridgehead atoms. The molecule has 2 heterocycles. The predicted molar refractivity (Wildman–Crippen MR) is 116 cm³/mol. The van der Waals surface area contributed by atoms with Gasteiger partial charge < -0.3 is 21.1 Å². The molecule has 0 aliphatic heterocycles. The van der Waals surface area contributed by atoms with Gasteiger partial charge in [0.25, 0.3) is 5.91 Å². The fourth-order valence-electron chi connectivity index (χ4n) is 3.01. The number of nitrogens with one attached hydrogen (secondary N) is 2. The van der Waals surface area contributed by atoms with Crippen LogP contribution >= 0.6 is 0 Å². The van der Waals surface area contributed by atoms with Crippen molar-refractivity contribution in [2.45, 2.75) is 13.0 Å². The molecule has 0 aliphatic rings. The Kier molecular flexibility index (Phi) is 5.36. The van der Waals surface area contributed by atoms with Crippen molar-refractivity contribution in [1.29, 1.82) is 0 Å². The largest absolute Gasteiger partial charge is 0.467 e. The number of fused-ring (bicyclic) bond motifs is 2. The van der Waals surface area contributed by atoms with E-state index in [0.717, 1.165) is 11.2 Å². The lowest BCUT2D eigenvalue weighted by Gasteiger charge is -2.14. The van der Waals surface area contributed by atoms with E-state index in [0.29, 0.717) is 34.3 Å². The van der Waals surface area contributed by atoms with Crippen molar-refractivity contribution >= 4 is 39.3 Å². The van der Waals surface area contributed by atoms with Crippen molar-refractivity contribution in [3.63, 3.8) is 0 Å². The van der Waals surface area contributed by atoms with Crippen LogP contribution in [0.5, 0.6) is 6.01 Å². The molecule has 1 amide bonds. The molecule has 0 spiro atoms. The van der Waals surface area contributed by atoms with Crippen LogP contribution in [0, 0.1) is 0 Å². The van der Waals surface area contributed by atoms with Gasteiger partial charge >= 0.3 is 6.01 Å². The Morgan fingerprint density at radius 3 is 2.67 bits per heavy atom. The Hall–Kier alpha value is -3.85. The van der Waals surface area contributed by atoms with Gasteiger partial charge in [-0.15, -0.1) is 0 Å². The Balaban J connectivity index is 1.70. The second-order valence-electron chi connectivity index (χ2n) is 6.84. The number of ether oxygens (including phenoxy) is 1. The Bertz CT molecular complexity index is 1230. The van der Waals surface area contributed by atoms with Gasteiger partial charge in [0.2, 0.25) is 0 Å². The fourth-order valence-corrected chi connectivity index (χ4v) is 3.01. The number of carbonyl (C=O) groups is 1. The molecule has 4 N–H and O–H groups in total. The van der Waals surface area contributed by atoms with E-state index in [1.54, 1.807) is 12.3 Å². The number of hydrogen-bond donors (Lipinski definition) is 3. The zero-order valence-corrected chi connectivity index (χ0v) is 16.6. The average molecular weight is 403 g/mol. The highest BCUT2D eigenvalue weighted by atomic mass is 16.5. The van der Waals surface area contributed by atoms with Crippen LogP contribution < -0.4 is 21.1 Å². The molecule has 30 heavy (non-hydrogen) atoms. The van der Waals surface area contributed by atoms with E-state index < -0.39 is 0 Å². The van der Waals surface area contributed by atoms with E-state index in [1.807, 2.05) is 37.3 Å². The third kappa shape index (κ3) is 3.96. The molecule has 0 unspecified atom stereocenters. The highest BCUT2D eigenvalue weighted by Crippen LogP contribution is 2.27. The summed E-state index contributed by atoms with van der Waals surface area (Å²) in [6.07, 6.45) is 3.15. The lowest BCUT2D eigenvalue weighted by molar-refractivity contribution is 0.102. The molecule has 4 rings (SSSR count). The van der Waals surface area contributed by atoms with Crippen molar-refractivity contribution in [2.24, 2.45) is 5.73 Å². The third-order valence-electron chi connectivity index (χ3n) is 4.46. The fraction of sp³-hybridized carbons (Fsp3) is 0.190. The summed E-state index contributed by atoms with van der Waals surface area (Å²) in [6.45, 7) is 2.47. The molecule has 152 valence electrons. The number of rotatable bonds is 6. The minimum atomic E-state index is -0.357. The normalized spacial score (nSPS) is 12.0. The molecule has 9 heteroatoms. The molecule has 0 saturated heterocycles. The van der Waals surface area contributed by atoms with Gasteiger partial charge in [-0.3, -0.25) is 9.78 Å². The number of para-hydroxylation sites is 2. The lowest BCUT2D eigenvalue weighted by Crippen LogP contribution is -2.25. The number of benzene rings is 2. The van der Waals surface area contributed by atoms with Crippen molar-refractivity contribution in [1.82, 2.24) is 19.9 Å². The van der Waals surface area contributed by atoms with Gasteiger partial charge in [0.05, 0.1) is 35.4 Å². The highest BCUT2D eigenvalue weighted by molar-refractivity contribution is 6.13. The second-order valence-corrected chi connectivity index (χ2v) is 6.84. The SMILES string of the molecule is COc1ncc2c(NC[C@H](C)N)ccc(C(=O)Nc3cnc4ccccc4n3)c2n1. The summed E-state index contributed by atoms with van der Waals surface area (Å²) in [7, 11) is 1.48. The van der Waals surface area contributed by atoms with Gasteiger partial charge in [0, 0.05) is 29.9 Å². The summed E-state index contributed by atoms with van der Waals surface area (Å²) in [6, 6.07) is 11.1. The van der Waals surface area contributed by atoms with Gasteiger partial charge in [-0.25, -0.2) is 9.97 Å². The number of nitrogens with two attached hydrogens (primary N) is 1. The number of methoxy groups -OCH3 is 1. The van der Waals surface area contributed by atoms with Crippen molar-refractivity contribution in [2.75, 3.05) is 24.3 Å². The summed E-state index contributed by atoms with van der Waals surface area (Å²) in [4.78, 5) is 30.4. The predicted octanol–water partition coefficient (Wildman–Crippen LogP) is 2.59. The number of carbonyl (C=O) groups excluding carboxylic acids is 1. The van der Waals surface area contributed by atoms with E-state index in [-0.39, 0.29) is 18.0 Å². The topological polar surface area (TPSA) is 128 Å². The smallest absolute Gasteiger partial charge is 0.316 e. The molecular formula is C21H21N7O2. The van der Waals surface area contributed by atoms with Crippen LogP contribution in [0.25, 0.3) is 21.9 Å². The molecule has 2 aromatic carbocycles. The monoisotopic (exact) mass is 403 g/mol. The number of hydrogen-bond acceptors (Lipinski definition) is 8. The maximum absolute atomic E-state index is 13.0. The summed E-state index contributed by atoms with van der Waals surface area (Å²) < 4.78 is 5.14. The van der Waals surface area contributed by atoms with Gasteiger partial charge in [-0.05, 0) is 31.2 Å². The maximum Gasteiger partial charge on any atom is 0.316 e. The zero-order valence-electron chi connectivity index (χ0n) is 16.6. The van der Waals surface area contributed by atoms with Crippen LogP contribution in [0.3, 0.4) is 0 Å². The van der Waals surface area contributed by atoms with Crippen LogP contribution in [-0.4, -0.2) is 45.5 Å². The Morgan fingerprint density at radius 1 is 1.10 bits per heavy atom. The molecule has 2 aromatic heterocycles. The maximum atomic E-state index is 13.0. The Labute approximate surface area is 172 Å².